The van der Waals surface area contributed by atoms with Gasteiger partial charge < -0.3 is 15.5 Å². The van der Waals surface area contributed by atoms with E-state index >= 15 is 0 Å². The molecule has 0 bridgehead atoms. The Bertz CT molecular complexity index is 636. The Morgan fingerprint density at radius 2 is 2.05 bits per heavy atom. The molecular weight excluding hydrogens is 285 g/mol. The zero-order valence-corrected chi connectivity index (χ0v) is 11.3. The first-order chi connectivity index (χ1) is 9.86. The van der Waals surface area contributed by atoms with E-state index in [1.165, 1.54) is 13.3 Å². The molecule has 0 aliphatic rings. The number of para-hydroxylation sites is 1. The average molecular weight is 300 g/mol. The molecule has 0 saturated heterocycles. The van der Waals surface area contributed by atoms with E-state index in [0.717, 1.165) is 0 Å². The third-order valence-corrected chi connectivity index (χ3v) is 3.31. The van der Waals surface area contributed by atoms with Crippen LogP contribution in [-0.4, -0.2) is 36.7 Å². The monoisotopic (exact) mass is 300 g/mol. The summed E-state index contributed by atoms with van der Waals surface area (Å²) in [6.07, 6.45) is -3.55. The number of hydrogen-bond acceptors (Lipinski definition) is 3. The molecule has 1 unspecified atom stereocenters. The van der Waals surface area contributed by atoms with Gasteiger partial charge in [-0.25, -0.2) is 0 Å². The molecule has 4 nitrogen and oxygen atoms in total. The molecule has 3 N–H and O–H groups in total. The van der Waals surface area contributed by atoms with Gasteiger partial charge in [-0.2, -0.15) is 13.2 Å². The van der Waals surface area contributed by atoms with Gasteiger partial charge in [0.25, 0.3) is 0 Å². The lowest BCUT2D eigenvalue weighted by Gasteiger charge is -2.23. The SMILES string of the molecule is COC[C@H](N)C(C(=O)C(F)(F)F)c1c[nH]c2ccccc12. The van der Waals surface area contributed by atoms with Crippen LogP contribution in [0.15, 0.2) is 30.5 Å². The minimum Gasteiger partial charge on any atom is -0.383 e. The maximum absolute atomic E-state index is 12.8. The molecule has 1 aromatic carbocycles. The summed E-state index contributed by atoms with van der Waals surface area (Å²) >= 11 is 0. The van der Waals surface area contributed by atoms with Gasteiger partial charge in [-0.05, 0) is 11.6 Å². The van der Waals surface area contributed by atoms with Crippen molar-refractivity contribution in [3.63, 3.8) is 0 Å². The molecule has 1 aromatic heterocycles. The van der Waals surface area contributed by atoms with Crippen LogP contribution in [0, 0.1) is 0 Å². The van der Waals surface area contributed by atoms with E-state index in [-0.39, 0.29) is 12.2 Å². The standard InChI is InChI=1S/C14H15F3N2O2/c1-21-7-10(18)12(13(20)14(15,16)17)9-6-19-11-5-3-2-4-8(9)11/h2-6,10,12,19H,7,18H2,1H3/t10-,12?/m0/s1. The summed E-state index contributed by atoms with van der Waals surface area (Å²) in [6, 6.07) is 5.73. The summed E-state index contributed by atoms with van der Waals surface area (Å²) in [4.78, 5) is 14.6. The Labute approximate surface area is 119 Å². The maximum Gasteiger partial charge on any atom is 0.450 e. The summed E-state index contributed by atoms with van der Waals surface area (Å²) in [5.41, 5.74) is 6.63. The number of carbonyl (C=O) groups is 1. The Balaban J connectivity index is 2.51. The number of ether oxygens (including phenoxy) is 1. The van der Waals surface area contributed by atoms with Crippen LogP contribution in [-0.2, 0) is 9.53 Å². The van der Waals surface area contributed by atoms with Gasteiger partial charge >= 0.3 is 6.18 Å². The van der Waals surface area contributed by atoms with Crippen molar-refractivity contribution in [1.29, 1.82) is 0 Å². The number of halogens is 3. The third kappa shape index (κ3) is 3.08. The number of carbonyl (C=O) groups excluding carboxylic acids is 1. The lowest BCUT2D eigenvalue weighted by atomic mass is 9.87. The van der Waals surface area contributed by atoms with Crippen molar-refractivity contribution in [3.8, 4) is 0 Å². The Morgan fingerprint density at radius 1 is 1.38 bits per heavy atom. The summed E-state index contributed by atoms with van der Waals surface area (Å²) < 4.78 is 43.3. The first kappa shape index (κ1) is 15.5. The number of fused-ring (bicyclic) bond motifs is 1. The van der Waals surface area contributed by atoms with E-state index in [2.05, 4.69) is 4.98 Å². The second-order valence-corrected chi connectivity index (χ2v) is 4.75. The molecule has 0 aliphatic heterocycles. The average Bonchev–Trinajstić information content (AvgIpc) is 2.82. The molecule has 1 heterocycles. The summed E-state index contributed by atoms with van der Waals surface area (Å²) in [5, 5.41) is 0.548. The van der Waals surface area contributed by atoms with Crippen LogP contribution in [0.1, 0.15) is 11.5 Å². The van der Waals surface area contributed by atoms with Crippen LogP contribution in [0.5, 0.6) is 0 Å². The van der Waals surface area contributed by atoms with Crippen molar-refractivity contribution in [2.45, 2.75) is 18.1 Å². The first-order valence-corrected chi connectivity index (χ1v) is 6.27. The van der Waals surface area contributed by atoms with Gasteiger partial charge in [-0.15, -0.1) is 0 Å². The van der Waals surface area contributed by atoms with Gasteiger partial charge in [0.05, 0.1) is 12.5 Å². The highest BCUT2D eigenvalue weighted by molar-refractivity contribution is 5.96. The number of methoxy groups -OCH3 is 1. The quantitative estimate of drug-likeness (QED) is 0.890. The molecule has 0 radical (unpaired) electrons. The zero-order chi connectivity index (χ0) is 15.6. The molecule has 0 aliphatic carbocycles. The van der Waals surface area contributed by atoms with Gasteiger partial charge in [-0.3, -0.25) is 4.79 Å². The van der Waals surface area contributed by atoms with E-state index < -0.39 is 23.9 Å². The normalized spacial score (nSPS) is 15.1. The Kier molecular flexibility index (Phi) is 4.34. The molecule has 21 heavy (non-hydrogen) atoms. The second-order valence-electron chi connectivity index (χ2n) is 4.75. The summed E-state index contributed by atoms with van der Waals surface area (Å²) in [7, 11) is 1.32. The van der Waals surface area contributed by atoms with Gasteiger partial charge in [-0.1, -0.05) is 18.2 Å². The number of aromatic nitrogens is 1. The zero-order valence-electron chi connectivity index (χ0n) is 11.3. The van der Waals surface area contributed by atoms with E-state index in [0.29, 0.717) is 10.9 Å². The van der Waals surface area contributed by atoms with Crippen molar-refractivity contribution in [2.75, 3.05) is 13.7 Å². The van der Waals surface area contributed by atoms with Gasteiger partial charge in [0.1, 0.15) is 0 Å². The van der Waals surface area contributed by atoms with Crippen LogP contribution in [0.25, 0.3) is 10.9 Å². The molecule has 0 amide bonds. The number of H-pyrrole nitrogens is 1. The van der Waals surface area contributed by atoms with Crippen molar-refractivity contribution >= 4 is 16.7 Å². The number of nitrogens with two attached hydrogens (primary N) is 1. The van der Waals surface area contributed by atoms with E-state index in [1.807, 2.05) is 0 Å². The van der Waals surface area contributed by atoms with Crippen LogP contribution in [0.4, 0.5) is 13.2 Å². The summed E-state index contributed by atoms with van der Waals surface area (Å²) in [6.45, 7) is -0.147. The third-order valence-electron chi connectivity index (χ3n) is 3.31. The second kappa shape index (κ2) is 5.87. The molecule has 0 fully saturated rings. The largest absolute Gasteiger partial charge is 0.450 e. The van der Waals surface area contributed by atoms with Crippen molar-refractivity contribution in [3.05, 3.63) is 36.0 Å². The number of ketones is 1. The maximum atomic E-state index is 12.8. The summed E-state index contributed by atoms with van der Waals surface area (Å²) in [5.74, 6) is -3.36. The van der Waals surface area contributed by atoms with E-state index in [9.17, 15) is 18.0 Å². The lowest BCUT2D eigenvalue weighted by Crippen LogP contribution is -2.42. The molecule has 0 spiro atoms. The molecule has 7 heteroatoms. The van der Waals surface area contributed by atoms with Gasteiger partial charge in [0, 0.05) is 30.3 Å². The van der Waals surface area contributed by atoms with Gasteiger partial charge in [0.2, 0.25) is 5.78 Å². The van der Waals surface area contributed by atoms with Crippen molar-refractivity contribution in [1.82, 2.24) is 4.98 Å². The fourth-order valence-electron chi connectivity index (χ4n) is 2.38. The number of benzene rings is 1. The predicted molar refractivity (Wildman–Crippen MR) is 72.0 cm³/mol. The van der Waals surface area contributed by atoms with Crippen LogP contribution < -0.4 is 5.73 Å². The minimum absolute atomic E-state index is 0.147. The number of nitrogens with one attached hydrogen (secondary N) is 1. The predicted octanol–water partition coefficient (Wildman–Crippen LogP) is 2.36. The smallest absolute Gasteiger partial charge is 0.383 e. The first-order valence-electron chi connectivity index (χ1n) is 6.27. The highest BCUT2D eigenvalue weighted by atomic mass is 19.4. The van der Waals surface area contributed by atoms with E-state index in [4.69, 9.17) is 10.5 Å². The van der Waals surface area contributed by atoms with Crippen LogP contribution >= 0.6 is 0 Å². The van der Waals surface area contributed by atoms with Crippen LogP contribution in [0.2, 0.25) is 0 Å². The van der Waals surface area contributed by atoms with Crippen molar-refractivity contribution in [2.24, 2.45) is 5.73 Å². The molecule has 2 aromatic rings. The highest BCUT2D eigenvalue weighted by Gasteiger charge is 2.46. The minimum atomic E-state index is -4.95. The number of aromatic amines is 1. The Hall–Kier alpha value is -1.86. The fraction of sp³-hybridized carbons (Fsp3) is 0.357. The number of alkyl halides is 3. The topological polar surface area (TPSA) is 68.1 Å². The molecule has 0 saturated carbocycles. The fourth-order valence-corrected chi connectivity index (χ4v) is 2.38. The molecule has 2 atom stereocenters. The number of hydrogen-bond donors (Lipinski definition) is 2. The Morgan fingerprint density at radius 3 is 2.67 bits per heavy atom. The highest BCUT2D eigenvalue weighted by Crippen LogP contribution is 2.33. The molecule has 114 valence electrons. The lowest BCUT2D eigenvalue weighted by molar-refractivity contribution is -0.173. The molecule has 2 rings (SSSR count). The molecular formula is C14H15F3N2O2. The number of rotatable bonds is 5. The van der Waals surface area contributed by atoms with Crippen molar-refractivity contribution < 1.29 is 22.7 Å². The van der Waals surface area contributed by atoms with Gasteiger partial charge in [0.15, 0.2) is 0 Å². The number of Topliss-reactive ketones (excluding diaryl/α,β-unsaturated/α-hetero) is 1. The van der Waals surface area contributed by atoms with E-state index in [1.54, 1.807) is 24.3 Å². The van der Waals surface area contributed by atoms with Crippen LogP contribution in [0.3, 0.4) is 0 Å².